The Kier molecular flexibility index (Phi) is 10.2. The highest BCUT2D eigenvalue weighted by Gasteiger charge is 2.45. The summed E-state index contributed by atoms with van der Waals surface area (Å²) in [6, 6.07) is 16.8. The summed E-state index contributed by atoms with van der Waals surface area (Å²) in [5.74, 6) is -1.35. The highest BCUT2D eigenvalue weighted by atomic mass is 16.5. The zero-order valence-corrected chi connectivity index (χ0v) is 31.9. The van der Waals surface area contributed by atoms with Crippen LogP contribution in [-0.4, -0.2) is 119 Å². The van der Waals surface area contributed by atoms with E-state index in [1.165, 1.54) is 16.4 Å². The minimum Gasteiger partial charge on any atom is -0.474 e. The van der Waals surface area contributed by atoms with E-state index in [0.717, 1.165) is 66.0 Å². The third kappa shape index (κ3) is 7.36. The summed E-state index contributed by atoms with van der Waals surface area (Å²) in [6.45, 7) is 6.08. The van der Waals surface area contributed by atoms with Crippen LogP contribution in [0.2, 0.25) is 0 Å². The Morgan fingerprint density at radius 1 is 0.789 bits per heavy atom. The van der Waals surface area contributed by atoms with Crippen LogP contribution in [0.1, 0.15) is 52.8 Å². The van der Waals surface area contributed by atoms with Crippen molar-refractivity contribution in [2.45, 2.75) is 50.4 Å². The topological polar surface area (TPSA) is 148 Å². The number of nitrogens with one attached hydrogen (secondary N) is 1. The molecule has 0 saturated carbocycles. The molecule has 294 valence electrons. The van der Waals surface area contributed by atoms with Crippen LogP contribution in [0.4, 0.5) is 5.69 Å². The van der Waals surface area contributed by atoms with Crippen LogP contribution < -0.4 is 15.0 Å². The maximum atomic E-state index is 13.2. The maximum Gasteiger partial charge on any atom is 0.262 e. The molecule has 5 aromatic rings. The molecule has 0 aliphatic carbocycles. The molecule has 9 rings (SSSR count). The highest BCUT2D eigenvalue weighted by molar-refractivity contribution is 6.23. The molecule has 4 aliphatic rings. The molecule has 0 bridgehead atoms. The van der Waals surface area contributed by atoms with E-state index in [1.807, 2.05) is 36.8 Å². The summed E-state index contributed by atoms with van der Waals surface area (Å²) < 4.78 is 20.4. The summed E-state index contributed by atoms with van der Waals surface area (Å²) in [7, 11) is 2.09. The van der Waals surface area contributed by atoms with E-state index in [9.17, 15) is 19.2 Å². The normalized spacial score (nSPS) is 19.4. The van der Waals surface area contributed by atoms with Crippen LogP contribution in [0, 0.1) is 0 Å². The standard InChI is InChI=1S/C43H45N7O7/c1-47-36-11-14-44-24-35(36)32-6-3-27(21-38(32)47)28-4-10-40(45-23-28)57-30-12-15-48(16-13-30)17-20-55-18-2-19-56-31-25-49(26-31)29-5-7-33-34(22-29)43(54)50(42(33)53)37-8-9-39(51)46-41(37)52/h3-7,10-11,14,21-24,30-31,37H,2,8-9,12-13,15-20,25-26H2,1H3,(H,46,51,52). The number of carbonyl (C=O) groups is 4. The first kappa shape index (κ1) is 36.9. The minimum absolute atomic E-state index is 0.0797. The van der Waals surface area contributed by atoms with E-state index in [1.54, 1.807) is 12.1 Å². The lowest BCUT2D eigenvalue weighted by Crippen LogP contribution is -2.54. The summed E-state index contributed by atoms with van der Waals surface area (Å²) in [4.78, 5) is 64.5. The quantitative estimate of drug-likeness (QED) is 0.135. The zero-order chi connectivity index (χ0) is 39.0. The van der Waals surface area contributed by atoms with Gasteiger partial charge in [0.05, 0.1) is 29.4 Å². The first-order valence-corrected chi connectivity index (χ1v) is 19.8. The number of carbonyl (C=O) groups excluding carboxylic acids is 4. The van der Waals surface area contributed by atoms with Crippen molar-refractivity contribution in [3.8, 4) is 17.0 Å². The third-order valence-corrected chi connectivity index (χ3v) is 11.7. The van der Waals surface area contributed by atoms with Gasteiger partial charge in [0.25, 0.3) is 11.8 Å². The van der Waals surface area contributed by atoms with Gasteiger partial charge in [-0.15, -0.1) is 0 Å². The minimum atomic E-state index is -0.972. The maximum absolute atomic E-state index is 13.2. The number of fused-ring (bicyclic) bond motifs is 4. The van der Waals surface area contributed by atoms with Crippen molar-refractivity contribution < 1.29 is 33.4 Å². The van der Waals surface area contributed by atoms with E-state index in [0.29, 0.717) is 38.8 Å². The Labute approximate surface area is 329 Å². The summed E-state index contributed by atoms with van der Waals surface area (Å²) >= 11 is 0. The number of pyridine rings is 2. The number of rotatable bonds is 13. The van der Waals surface area contributed by atoms with Crippen molar-refractivity contribution in [3.63, 3.8) is 0 Å². The molecule has 4 aliphatic heterocycles. The van der Waals surface area contributed by atoms with Crippen LogP contribution in [0.25, 0.3) is 32.9 Å². The van der Waals surface area contributed by atoms with E-state index >= 15 is 0 Å². The number of benzene rings is 2. The molecule has 57 heavy (non-hydrogen) atoms. The molecule has 14 heteroatoms. The Balaban J connectivity index is 0.644. The van der Waals surface area contributed by atoms with Gasteiger partial charge in [-0.1, -0.05) is 12.1 Å². The smallest absolute Gasteiger partial charge is 0.262 e. The first-order chi connectivity index (χ1) is 27.8. The number of imide groups is 2. The van der Waals surface area contributed by atoms with Gasteiger partial charge in [0, 0.05) is 112 Å². The van der Waals surface area contributed by atoms with Gasteiger partial charge in [-0.2, -0.15) is 0 Å². The van der Waals surface area contributed by atoms with Gasteiger partial charge in [-0.25, -0.2) is 4.98 Å². The van der Waals surface area contributed by atoms with Crippen LogP contribution in [0.3, 0.4) is 0 Å². The van der Waals surface area contributed by atoms with Gasteiger partial charge in [0.2, 0.25) is 17.7 Å². The molecule has 3 fully saturated rings. The van der Waals surface area contributed by atoms with Crippen molar-refractivity contribution in [2.24, 2.45) is 7.05 Å². The van der Waals surface area contributed by atoms with Crippen molar-refractivity contribution in [1.82, 2.24) is 29.7 Å². The molecule has 3 saturated heterocycles. The zero-order valence-electron chi connectivity index (χ0n) is 31.9. The molecule has 4 amide bonds. The van der Waals surface area contributed by atoms with Crippen LogP contribution >= 0.6 is 0 Å². The van der Waals surface area contributed by atoms with E-state index in [4.69, 9.17) is 14.2 Å². The summed E-state index contributed by atoms with van der Waals surface area (Å²) in [5, 5.41) is 4.58. The number of likely N-dealkylation sites (tertiary alicyclic amines) is 1. The predicted octanol–water partition coefficient (Wildman–Crippen LogP) is 4.35. The van der Waals surface area contributed by atoms with Gasteiger partial charge in [-0.3, -0.25) is 34.4 Å². The molecule has 14 nitrogen and oxygen atoms in total. The Morgan fingerprint density at radius 2 is 1.61 bits per heavy atom. The molecule has 2 aromatic carbocycles. The number of ether oxygens (including phenoxy) is 3. The van der Waals surface area contributed by atoms with Gasteiger partial charge >= 0.3 is 0 Å². The molecule has 1 atom stereocenters. The number of aryl methyl sites for hydroxylation is 1. The van der Waals surface area contributed by atoms with Crippen molar-refractivity contribution in [1.29, 1.82) is 0 Å². The largest absolute Gasteiger partial charge is 0.474 e. The summed E-state index contributed by atoms with van der Waals surface area (Å²) in [6.07, 6.45) is 8.80. The van der Waals surface area contributed by atoms with E-state index in [-0.39, 0.29) is 36.2 Å². The highest BCUT2D eigenvalue weighted by Crippen LogP contribution is 2.34. The molecule has 7 heterocycles. The monoisotopic (exact) mass is 771 g/mol. The lowest BCUT2D eigenvalue weighted by Gasteiger charge is -2.40. The number of piperidine rings is 2. The molecule has 3 aromatic heterocycles. The van der Waals surface area contributed by atoms with Crippen LogP contribution in [0.5, 0.6) is 5.88 Å². The Hall–Kier alpha value is -5.70. The summed E-state index contributed by atoms with van der Waals surface area (Å²) in [5.41, 5.74) is 5.89. The Bertz CT molecular complexity index is 2350. The van der Waals surface area contributed by atoms with E-state index in [2.05, 4.69) is 61.0 Å². The fourth-order valence-corrected chi connectivity index (χ4v) is 8.39. The van der Waals surface area contributed by atoms with Crippen LogP contribution in [0.15, 0.2) is 73.2 Å². The second-order valence-electron chi connectivity index (χ2n) is 15.3. The van der Waals surface area contributed by atoms with Gasteiger partial charge in [0.15, 0.2) is 0 Å². The fourth-order valence-electron chi connectivity index (χ4n) is 8.39. The fraction of sp³-hybridized carbons (Fsp3) is 0.395. The molecule has 0 spiro atoms. The number of amides is 4. The third-order valence-electron chi connectivity index (χ3n) is 11.7. The molecule has 0 radical (unpaired) electrons. The molecular formula is C43H45N7O7. The lowest BCUT2D eigenvalue weighted by molar-refractivity contribution is -0.136. The predicted molar refractivity (Wildman–Crippen MR) is 212 cm³/mol. The number of aromatic nitrogens is 3. The Morgan fingerprint density at radius 3 is 2.42 bits per heavy atom. The number of nitrogens with zero attached hydrogens (tertiary/aromatic N) is 6. The molecule has 1 unspecified atom stereocenters. The van der Waals surface area contributed by atoms with E-state index < -0.39 is 29.7 Å². The number of anilines is 1. The second-order valence-corrected chi connectivity index (χ2v) is 15.3. The molecule has 1 N–H and O–H groups in total. The van der Waals surface area contributed by atoms with Crippen molar-refractivity contribution in [3.05, 3.63) is 84.3 Å². The lowest BCUT2D eigenvalue weighted by atomic mass is 10.0. The average Bonchev–Trinajstić information content (AvgIpc) is 3.63. The van der Waals surface area contributed by atoms with Gasteiger partial charge in [0.1, 0.15) is 12.1 Å². The number of hydrogen-bond acceptors (Lipinski definition) is 11. The van der Waals surface area contributed by atoms with Gasteiger partial charge in [-0.05, 0) is 67.6 Å². The first-order valence-electron chi connectivity index (χ1n) is 19.8. The second kappa shape index (κ2) is 15.7. The SMILES string of the molecule is Cn1c2ccncc2c2ccc(-c3ccc(OC4CCN(CCOCCCOC5CN(c6ccc7c(c6)C(=O)N(C6CCC(=O)NC6=O)C7=O)C5)CC4)nc3)cc21. The van der Waals surface area contributed by atoms with Crippen LogP contribution in [-0.2, 0) is 26.1 Å². The number of hydrogen-bond donors (Lipinski definition) is 1. The molecular weight excluding hydrogens is 727 g/mol. The van der Waals surface area contributed by atoms with Crippen molar-refractivity contribution in [2.75, 3.05) is 57.4 Å². The van der Waals surface area contributed by atoms with Crippen molar-refractivity contribution >= 4 is 51.1 Å². The van der Waals surface area contributed by atoms with Gasteiger partial charge < -0.3 is 28.6 Å². The average molecular weight is 772 g/mol.